The van der Waals surface area contributed by atoms with Crippen LogP contribution in [0, 0.1) is 0 Å². The smallest absolute Gasteiger partial charge is 0.260 e. The summed E-state index contributed by atoms with van der Waals surface area (Å²) in [6.07, 6.45) is -0.534. The lowest BCUT2D eigenvalue weighted by Gasteiger charge is -2.18. The van der Waals surface area contributed by atoms with Gasteiger partial charge < -0.3 is 10.1 Å². The highest BCUT2D eigenvalue weighted by Crippen LogP contribution is 2.22. The van der Waals surface area contributed by atoms with Gasteiger partial charge in [-0.25, -0.2) is 0 Å². The summed E-state index contributed by atoms with van der Waals surface area (Å²) >= 11 is 7.69. The number of carbonyl (C=O) groups is 1. The van der Waals surface area contributed by atoms with Crippen molar-refractivity contribution in [2.75, 3.05) is 12.3 Å². The Hall–Kier alpha value is -0.870. The van der Waals surface area contributed by atoms with Crippen LogP contribution in [0.3, 0.4) is 0 Å². The molecule has 0 unspecified atom stereocenters. The van der Waals surface area contributed by atoms with Crippen molar-refractivity contribution < 1.29 is 9.53 Å². The van der Waals surface area contributed by atoms with Crippen LogP contribution in [0.1, 0.15) is 27.7 Å². The fraction of sp³-hybridized carbons (Fsp3) is 0.533. The molecule has 3 nitrogen and oxygen atoms in total. The van der Waals surface area contributed by atoms with Crippen molar-refractivity contribution in [3.05, 3.63) is 29.3 Å². The Balaban J connectivity index is 2.32. The third-order valence-electron chi connectivity index (χ3n) is 2.41. The van der Waals surface area contributed by atoms with Crippen molar-refractivity contribution >= 4 is 29.3 Å². The Morgan fingerprint density at radius 3 is 2.75 bits per heavy atom. The minimum Gasteiger partial charge on any atom is -0.481 e. The highest BCUT2D eigenvalue weighted by molar-refractivity contribution is 8.00. The number of hydrogen-bond donors (Lipinski definition) is 1. The average Bonchev–Trinajstić information content (AvgIpc) is 2.33. The molecule has 0 bridgehead atoms. The summed E-state index contributed by atoms with van der Waals surface area (Å²) in [6, 6.07) is 7.04. The molecule has 1 atom stereocenters. The summed E-state index contributed by atoms with van der Waals surface area (Å²) in [4.78, 5) is 11.9. The van der Waals surface area contributed by atoms with Crippen LogP contribution in [0.5, 0.6) is 5.75 Å². The van der Waals surface area contributed by atoms with Crippen LogP contribution in [-0.4, -0.2) is 29.1 Å². The number of amides is 1. The summed E-state index contributed by atoms with van der Waals surface area (Å²) in [5.74, 6) is 1.38. The molecule has 1 rings (SSSR count). The van der Waals surface area contributed by atoms with Crippen molar-refractivity contribution in [1.29, 1.82) is 0 Å². The Morgan fingerprint density at radius 1 is 1.45 bits per heavy atom. The maximum absolute atomic E-state index is 11.9. The van der Waals surface area contributed by atoms with Crippen molar-refractivity contribution in [3.8, 4) is 5.75 Å². The summed E-state index contributed by atoms with van der Waals surface area (Å²) < 4.78 is 5.77. The van der Waals surface area contributed by atoms with Crippen LogP contribution >= 0.6 is 23.4 Å². The van der Waals surface area contributed by atoms with Gasteiger partial charge in [0.25, 0.3) is 5.91 Å². The Morgan fingerprint density at radius 2 is 2.15 bits per heavy atom. The second kappa shape index (κ2) is 7.79. The zero-order chi connectivity index (χ0) is 15.2. The molecule has 0 radical (unpaired) electrons. The molecule has 0 heterocycles. The van der Waals surface area contributed by atoms with E-state index >= 15 is 0 Å². The molecule has 1 aromatic rings. The normalized spacial score (nSPS) is 12.8. The molecule has 0 saturated heterocycles. The lowest BCUT2D eigenvalue weighted by molar-refractivity contribution is -0.127. The first-order chi connectivity index (χ1) is 9.28. The van der Waals surface area contributed by atoms with Crippen LogP contribution in [0.15, 0.2) is 24.3 Å². The van der Waals surface area contributed by atoms with Gasteiger partial charge in [0.05, 0.1) is 0 Å². The van der Waals surface area contributed by atoms with Crippen LogP contribution < -0.4 is 10.1 Å². The van der Waals surface area contributed by atoms with E-state index in [1.165, 1.54) is 0 Å². The number of ether oxygens (including phenoxy) is 1. The van der Waals surface area contributed by atoms with Gasteiger partial charge in [-0.1, -0.05) is 38.4 Å². The fourth-order valence-electron chi connectivity index (χ4n) is 1.47. The first kappa shape index (κ1) is 17.2. The van der Waals surface area contributed by atoms with Crippen molar-refractivity contribution in [3.63, 3.8) is 0 Å². The standard InChI is InChI=1S/C15H22ClNO2S/c1-11(19-13-7-5-6-12(16)10-13)14(18)17-8-9-20-15(2,3)4/h5-7,10-11H,8-9H2,1-4H3,(H,17,18)/t11-/m0/s1. The molecule has 20 heavy (non-hydrogen) atoms. The molecule has 0 aliphatic heterocycles. The second-order valence-electron chi connectivity index (χ2n) is 5.47. The molecule has 5 heteroatoms. The maximum Gasteiger partial charge on any atom is 0.260 e. The number of thioether (sulfide) groups is 1. The first-order valence-electron chi connectivity index (χ1n) is 6.62. The summed E-state index contributed by atoms with van der Waals surface area (Å²) in [7, 11) is 0. The van der Waals surface area contributed by atoms with Crippen molar-refractivity contribution in [1.82, 2.24) is 5.32 Å². The molecule has 112 valence electrons. The van der Waals surface area contributed by atoms with Crippen LogP contribution in [0.25, 0.3) is 0 Å². The van der Waals surface area contributed by atoms with Crippen molar-refractivity contribution in [2.45, 2.75) is 38.5 Å². The zero-order valence-electron chi connectivity index (χ0n) is 12.4. The van der Waals surface area contributed by atoms with Gasteiger partial charge in [-0.2, -0.15) is 11.8 Å². The van der Waals surface area contributed by atoms with Gasteiger partial charge in [-0.3, -0.25) is 4.79 Å². The number of nitrogens with one attached hydrogen (secondary N) is 1. The monoisotopic (exact) mass is 315 g/mol. The number of carbonyl (C=O) groups excluding carboxylic acids is 1. The number of rotatable bonds is 6. The summed E-state index contributed by atoms with van der Waals surface area (Å²) in [5, 5.41) is 3.47. The predicted octanol–water partition coefficient (Wildman–Crippen LogP) is 3.76. The van der Waals surface area contributed by atoms with Crippen LogP contribution in [0.2, 0.25) is 5.02 Å². The Labute approximate surface area is 130 Å². The highest BCUT2D eigenvalue weighted by Gasteiger charge is 2.15. The fourth-order valence-corrected chi connectivity index (χ4v) is 2.47. The van der Waals surface area contributed by atoms with E-state index in [1.54, 1.807) is 31.2 Å². The van der Waals surface area contributed by atoms with E-state index in [0.29, 0.717) is 17.3 Å². The molecule has 0 spiro atoms. The van der Waals surface area contributed by atoms with Gasteiger partial charge in [0.1, 0.15) is 5.75 Å². The quantitative estimate of drug-likeness (QED) is 0.812. The van der Waals surface area contributed by atoms with Crippen LogP contribution in [-0.2, 0) is 4.79 Å². The third kappa shape index (κ3) is 7.06. The number of benzene rings is 1. The van der Waals surface area contributed by atoms with E-state index < -0.39 is 6.10 Å². The molecule has 1 amide bonds. The lowest BCUT2D eigenvalue weighted by atomic mass is 10.3. The predicted molar refractivity (Wildman–Crippen MR) is 86.8 cm³/mol. The number of halogens is 1. The van der Waals surface area contributed by atoms with Gasteiger partial charge in [0, 0.05) is 22.1 Å². The van der Waals surface area contributed by atoms with E-state index in [4.69, 9.17) is 16.3 Å². The Kier molecular flexibility index (Phi) is 6.69. The number of hydrogen-bond acceptors (Lipinski definition) is 3. The molecule has 1 aromatic carbocycles. The van der Waals surface area contributed by atoms with Gasteiger partial charge in [0.2, 0.25) is 0 Å². The second-order valence-corrected chi connectivity index (χ2v) is 7.83. The highest BCUT2D eigenvalue weighted by atomic mass is 35.5. The van der Waals surface area contributed by atoms with E-state index in [-0.39, 0.29) is 10.7 Å². The zero-order valence-corrected chi connectivity index (χ0v) is 14.0. The van der Waals surface area contributed by atoms with E-state index in [9.17, 15) is 4.79 Å². The lowest BCUT2D eigenvalue weighted by Crippen LogP contribution is -2.37. The molecule has 0 saturated carbocycles. The topological polar surface area (TPSA) is 38.3 Å². The van der Waals surface area contributed by atoms with E-state index in [0.717, 1.165) is 5.75 Å². The SMILES string of the molecule is C[C@H](Oc1cccc(Cl)c1)C(=O)NCCSC(C)(C)C. The molecule has 0 aliphatic carbocycles. The average molecular weight is 316 g/mol. The first-order valence-corrected chi connectivity index (χ1v) is 7.98. The molecular weight excluding hydrogens is 294 g/mol. The molecular formula is C15H22ClNO2S. The largest absolute Gasteiger partial charge is 0.481 e. The molecule has 1 N–H and O–H groups in total. The molecule has 0 fully saturated rings. The van der Waals surface area contributed by atoms with Gasteiger partial charge >= 0.3 is 0 Å². The molecule has 0 aliphatic rings. The third-order valence-corrected chi connectivity index (χ3v) is 3.92. The molecule has 0 aromatic heterocycles. The van der Waals surface area contributed by atoms with E-state index in [2.05, 4.69) is 26.1 Å². The summed E-state index contributed by atoms with van der Waals surface area (Å²) in [6.45, 7) is 8.84. The summed E-state index contributed by atoms with van der Waals surface area (Å²) in [5.41, 5.74) is 0. The minimum absolute atomic E-state index is 0.112. The maximum atomic E-state index is 11.9. The van der Waals surface area contributed by atoms with Gasteiger partial charge in [-0.15, -0.1) is 0 Å². The van der Waals surface area contributed by atoms with Crippen molar-refractivity contribution in [2.24, 2.45) is 0 Å². The minimum atomic E-state index is -0.534. The van der Waals surface area contributed by atoms with Crippen LogP contribution in [0.4, 0.5) is 0 Å². The van der Waals surface area contributed by atoms with Gasteiger partial charge in [-0.05, 0) is 25.1 Å². The van der Waals surface area contributed by atoms with Gasteiger partial charge in [0.15, 0.2) is 6.10 Å². The Bertz CT molecular complexity index is 446. The van der Waals surface area contributed by atoms with E-state index in [1.807, 2.05) is 11.8 Å².